The van der Waals surface area contributed by atoms with Crippen LogP contribution < -0.4 is 0 Å². The minimum atomic E-state index is -0.917. The Hall–Kier alpha value is -0.670. The molecule has 0 atom stereocenters. The van der Waals surface area contributed by atoms with Crippen LogP contribution in [0.25, 0.3) is 0 Å². The van der Waals surface area contributed by atoms with Gasteiger partial charge in [-0.1, -0.05) is 0 Å². The Morgan fingerprint density at radius 2 is 2.00 bits per heavy atom. The summed E-state index contributed by atoms with van der Waals surface area (Å²) in [5.41, 5.74) is 1.86. The van der Waals surface area contributed by atoms with Crippen molar-refractivity contribution in [2.24, 2.45) is 0 Å². The molecule has 2 nitrogen and oxygen atoms in total. The van der Waals surface area contributed by atoms with E-state index in [1.807, 2.05) is 12.3 Å². The molecule has 1 rings (SSSR count). The fourth-order valence-electron chi connectivity index (χ4n) is 0.816. The van der Waals surface area contributed by atoms with Gasteiger partial charge in [0.2, 0.25) is 0 Å². The second-order valence-electron chi connectivity index (χ2n) is 2.48. The molecule has 1 heterocycles. The predicted octanol–water partition coefficient (Wildman–Crippen LogP) is 2.31. The molecular weight excluding hydrogens is 196 g/mol. The summed E-state index contributed by atoms with van der Waals surface area (Å²) in [7, 11) is 0. The Morgan fingerprint density at radius 3 is 2.33 bits per heavy atom. The molecule has 1 aromatic heterocycles. The molecule has 0 N–H and O–H groups in total. The Bertz CT molecular complexity index is 341. The monoisotopic (exact) mass is 202 g/mol. The Labute approximate surface area is 79.2 Å². The lowest BCUT2D eigenvalue weighted by molar-refractivity contribution is -0.108. The molecule has 0 aliphatic rings. The van der Waals surface area contributed by atoms with Crippen LogP contribution >= 0.6 is 22.9 Å². The van der Waals surface area contributed by atoms with E-state index in [0.717, 1.165) is 11.1 Å². The van der Waals surface area contributed by atoms with E-state index in [9.17, 15) is 9.59 Å². The van der Waals surface area contributed by atoms with Crippen molar-refractivity contribution in [3.63, 3.8) is 0 Å². The second-order valence-corrected chi connectivity index (χ2v) is 3.70. The summed E-state index contributed by atoms with van der Waals surface area (Å²) in [5.74, 6) is -0.604. The van der Waals surface area contributed by atoms with E-state index >= 15 is 0 Å². The van der Waals surface area contributed by atoms with E-state index in [2.05, 4.69) is 0 Å². The van der Waals surface area contributed by atoms with Crippen LogP contribution in [-0.2, 0) is 4.79 Å². The Balaban J connectivity index is 3.12. The number of hydrogen-bond donors (Lipinski definition) is 0. The molecule has 0 fully saturated rings. The SMILES string of the molecule is Cc1csc(C(=O)C(=O)Cl)c1C. The first kappa shape index (κ1) is 9.42. The van der Waals surface area contributed by atoms with E-state index < -0.39 is 11.0 Å². The number of rotatable bonds is 2. The van der Waals surface area contributed by atoms with Gasteiger partial charge >= 0.3 is 0 Å². The number of carbonyl (C=O) groups is 2. The first-order valence-corrected chi connectivity index (χ1v) is 4.58. The number of halogens is 1. The molecule has 0 radical (unpaired) electrons. The van der Waals surface area contributed by atoms with Crippen molar-refractivity contribution in [3.05, 3.63) is 21.4 Å². The van der Waals surface area contributed by atoms with Crippen molar-refractivity contribution < 1.29 is 9.59 Å². The van der Waals surface area contributed by atoms with Crippen LogP contribution in [0.15, 0.2) is 5.38 Å². The Kier molecular flexibility index (Phi) is 2.65. The van der Waals surface area contributed by atoms with Crippen LogP contribution in [0.4, 0.5) is 0 Å². The lowest BCUT2D eigenvalue weighted by atomic mass is 10.1. The van der Waals surface area contributed by atoms with Gasteiger partial charge in [0.25, 0.3) is 11.0 Å². The van der Waals surface area contributed by atoms with E-state index in [0.29, 0.717) is 4.88 Å². The molecular formula is C8H7ClO2S. The average molecular weight is 203 g/mol. The summed E-state index contributed by atoms with van der Waals surface area (Å²) >= 11 is 6.32. The van der Waals surface area contributed by atoms with Crippen molar-refractivity contribution in [1.82, 2.24) is 0 Å². The number of Topliss-reactive ketones (excluding diaryl/α,β-unsaturated/α-hetero) is 1. The van der Waals surface area contributed by atoms with Gasteiger partial charge in [0.1, 0.15) is 0 Å². The second kappa shape index (κ2) is 3.37. The molecule has 0 aliphatic heterocycles. The fourth-order valence-corrected chi connectivity index (χ4v) is 1.98. The highest BCUT2D eigenvalue weighted by Crippen LogP contribution is 2.21. The molecule has 0 aliphatic carbocycles. The highest BCUT2D eigenvalue weighted by atomic mass is 35.5. The maximum atomic E-state index is 11.1. The summed E-state index contributed by atoms with van der Waals surface area (Å²) in [6, 6.07) is 0. The maximum absolute atomic E-state index is 11.1. The van der Waals surface area contributed by atoms with Crippen molar-refractivity contribution in [2.75, 3.05) is 0 Å². The zero-order valence-corrected chi connectivity index (χ0v) is 8.25. The molecule has 4 heteroatoms. The summed E-state index contributed by atoms with van der Waals surface area (Å²) < 4.78 is 0. The third-order valence-corrected chi connectivity index (χ3v) is 3.04. The quantitative estimate of drug-likeness (QED) is 0.419. The molecule has 12 heavy (non-hydrogen) atoms. The fraction of sp³-hybridized carbons (Fsp3) is 0.250. The van der Waals surface area contributed by atoms with E-state index in [-0.39, 0.29) is 0 Å². The summed E-state index contributed by atoms with van der Waals surface area (Å²) in [6.45, 7) is 3.69. The van der Waals surface area contributed by atoms with Gasteiger partial charge in [-0.2, -0.15) is 0 Å². The zero-order chi connectivity index (χ0) is 9.30. The number of carbonyl (C=O) groups excluding carboxylic acids is 2. The number of aryl methyl sites for hydroxylation is 1. The normalized spacial score (nSPS) is 9.92. The number of ketones is 1. The molecule has 1 aromatic rings. The van der Waals surface area contributed by atoms with Gasteiger partial charge < -0.3 is 0 Å². The summed E-state index contributed by atoms with van der Waals surface area (Å²) in [5, 5.41) is 0.919. The molecule has 0 bridgehead atoms. The molecule has 0 aromatic carbocycles. The van der Waals surface area contributed by atoms with Crippen molar-refractivity contribution >= 4 is 34.0 Å². The first-order chi connectivity index (χ1) is 5.54. The highest BCUT2D eigenvalue weighted by Gasteiger charge is 2.18. The predicted molar refractivity (Wildman–Crippen MR) is 49.0 cm³/mol. The van der Waals surface area contributed by atoms with Gasteiger partial charge in [0.15, 0.2) is 0 Å². The van der Waals surface area contributed by atoms with Gasteiger partial charge in [0, 0.05) is 0 Å². The highest BCUT2D eigenvalue weighted by molar-refractivity contribution is 7.14. The lowest BCUT2D eigenvalue weighted by Crippen LogP contribution is -2.06. The van der Waals surface area contributed by atoms with Gasteiger partial charge in [-0.05, 0) is 42.0 Å². The average Bonchev–Trinajstić information content (AvgIpc) is 2.32. The van der Waals surface area contributed by atoms with E-state index in [1.165, 1.54) is 11.3 Å². The van der Waals surface area contributed by atoms with Crippen LogP contribution in [0.3, 0.4) is 0 Å². The van der Waals surface area contributed by atoms with Crippen molar-refractivity contribution in [2.45, 2.75) is 13.8 Å². The minimum Gasteiger partial charge on any atom is -0.283 e. The van der Waals surface area contributed by atoms with Gasteiger partial charge in [-0.25, -0.2) is 0 Å². The molecule has 0 spiro atoms. The molecule has 0 saturated carbocycles. The largest absolute Gasteiger partial charge is 0.294 e. The third kappa shape index (κ3) is 1.57. The zero-order valence-electron chi connectivity index (χ0n) is 6.68. The van der Waals surface area contributed by atoms with E-state index in [4.69, 9.17) is 11.6 Å². The standard InChI is InChI=1S/C8H7ClO2S/c1-4-3-12-7(5(4)2)6(10)8(9)11/h3H,1-2H3. The number of hydrogen-bond acceptors (Lipinski definition) is 3. The van der Waals surface area contributed by atoms with Gasteiger partial charge in [-0.15, -0.1) is 11.3 Å². The molecule has 0 amide bonds. The minimum absolute atomic E-state index is 0.451. The van der Waals surface area contributed by atoms with Crippen LogP contribution in [0.1, 0.15) is 20.8 Å². The first-order valence-electron chi connectivity index (χ1n) is 3.33. The molecule has 64 valence electrons. The van der Waals surface area contributed by atoms with Crippen molar-refractivity contribution in [3.8, 4) is 0 Å². The summed E-state index contributed by atoms with van der Waals surface area (Å²) in [6.07, 6.45) is 0. The van der Waals surface area contributed by atoms with Crippen LogP contribution in [-0.4, -0.2) is 11.0 Å². The van der Waals surface area contributed by atoms with Crippen LogP contribution in [0, 0.1) is 13.8 Å². The van der Waals surface area contributed by atoms with Crippen molar-refractivity contribution in [1.29, 1.82) is 0 Å². The van der Waals surface area contributed by atoms with Gasteiger partial charge in [-0.3, -0.25) is 9.59 Å². The smallest absolute Gasteiger partial charge is 0.283 e. The summed E-state index contributed by atoms with van der Waals surface area (Å²) in [4.78, 5) is 22.1. The maximum Gasteiger partial charge on any atom is 0.294 e. The third-order valence-electron chi connectivity index (χ3n) is 1.67. The molecule has 0 unspecified atom stereocenters. The van der Waals surface area contributed by atoms with Gasteiger partial charge in [0.05, 0.1) is 4.88 Å². The molecule has 0 saturated heterocycles. The number of thiophene rings is 1. The van der Waals surface area contributed by atoms with Crippen LogP contribution in [0.2, 0.25) is 0 Å². The topological polar surface area (TPSA) is 34.1 Å². The van der Waals surface area contributed by atoms with Crippen LogP contribution in [0.5, 0.6) is 0 Å². The Morgan fingerprint density at radius 1 is 1.42 bits per heavy atom. The lowest BCUT2D eigenvalue weighted by Gasteiger charge is -1.92. The van der Waals surface area contributed by atoms with E-state index in [1.54, 1.807) is 6.92 Å².